The summed E-state index contributed by atoms with van der Waals surface area (Å²) in [7, 11) is 5.41. The van der Waals surface area contributed by atoms with Gasteiger partial charge < -0.3 is 0 Å². The molecule has 0 unspecified atom stereocenters. The Morgan fingerprint density at radius 3 is 1.31 bits per heavy atom. The number of benzene rings is 6. The average Bonchev–Trinajstić information content (AvgIpc) is 4.01. The fraction of sp³-hybridized carbons (Fsp3) is 0. The van der Waals surface area contributed by atoms with E-state index in [1.807, 2.05) is 60.7 Å². The third kappa shape index (κ3) is 10.4. The largest absolute Gasteiger partial charge is 2.00 e. The van der Waals surface area contributed by atoms with Crippen LogP contribution in [0.25, 0.3) is 28.4 Å². The summed E-state index contributed by atoms with van der Waals surface area (Å²) in [6, 6.07) is 51.8. The second-order valence-electron chi connectivity index (χ2n) is 13.0. The van der Waals surface area contributed by atoms with E-state index in [1.54, 1.807) is 0 Å². The van der Waals surface area contributed by atoms with E-state index in [4.69, 9.17) is 7.49 Å². The quantitative estimate of drug-likeness (QED) is 0.0284. The van der Waals surface area contributed by atoms with Gasteiger partial charge in [0.15, 0.2) is 0 Å². The van der Waals surface area contributed by atoms with Crippen LogP contribution >= 0.6 is 0 Å². The van der Waals surface area contributed by atoms with E-state index < -0.39 is 85.9 Å². The molecule has 7 aromatic rings. The summed E-state index contributed by atoms with van der Waals surface area (Å²) in [4.78, 5) is 0. The molecule has 0 spiro atoms. The van der Waals surface area contributed by atoms with Crippen molar-refractivity contribution in [3.63, 3.8) is 0 Å². The van der Waals surface area contributed by atoms with Crippen LogP contribution in [0.3, 0.4) is 0 Å². The third-order valence-electron chi connectivity index (χ3n) is 9.05. The van der Waals surface area contributed by atoms with Crippen molar-refractivity contribution in [1.82, 2.24) is 0 Å². The summed E-state index contributed by atoms with van der Waals surface area (Å²) in [5, 5.41) is 0. The van der Waals surface area contributed by atoms with Gasteiger partial charge in [0.1, 0.15) is 0 Å². The van der Waals surface area contributed by atoms with Crippen LogP contribution in [0, 0.1) is 64.2 Å². The molecule has 0 aromatic heterocycles. The Labute approximate surface area is 371 Å². The zero-order valence-corrected chi connectivity index (χ0v) is 34.5. The summed E-state index contributed by atoms with van der Waals surface area (Å²) in [6.07, 6.45) is 7.26. The monoisotopic (exact) mass is 919 g/mol. The molecule has 7 aromatic carbocycles. The van der Waals surface area contributed by atoms with Gasteiger partial charge in [0, 0.05) is 0 Å². The van der Waals surface area contributed by atoms with Crippen molar-refractivity contribution in [3.05, 3.63) is 261 Å². The normalized spacial score (nSPS) is 12.3. The van der Waals surface area contributed by atoms with E-state index in [9.17, 15) is 43.9 Å². The van der Waals surface area contributed by atoms with E-state index in [0.717, 1.165) is 28.3 Å². The molecule has 8 rings (SSSR count). The van der Waals surface area contributed by atoms with Gasteiger partial charge in [-0.25, -0.2) is 12.1 Å². The minimum absolute atomic E-state index is 0. The first kappa shape index (κ1) is 46.8. The number of hydrogen-bond acceptors (Lipinski definition) is 0. The van der Waals surface area contributed by atoms with Crippen LogP contribution in [0.2, 0.25) is 0 Å². The molecule has 12 heteroatoms. The molecule has 0 saturated carbocycles. The van der Waals surface area contributed by atoms with Gasteiger partial charge in [0.2, 0.25) is 0 Å². The first-order valence-electron chi connectivity index (χ1n) is 18.2. The molecule has 1 aliphatic carbocycles. The molecule has 0 atom stereocenters. The SMILES string of the molecule is [B]=C1C=CC(c2c(F)c(F)c(F)c(F)c2F)=C1c1c(F)c(F)c(F)c(F)c1F.[C-](=C(C(=Cc1ccccc1)c1ccccc1)c1ccccc1)c1ccccc1.[Zr+2].c1cc[cH-]c1. The van der Waals surface area contributed by atoms with Crippen molar-refractivity contribution < 1.29 is 70.1 Å². The maximum atomic E-state index is 14.1. The van der Waals surface area contributed by atoms with Crippen LogP contribution in [-0.4, -0.2) is 13.0 Å². The van der Waals surface area contributed by atoms with Crippen molar-refractivity contribution in [2.75, 3.05) is 0 Å². The van der Waals surface area contributed by atoms with Crippen molar-refractivity contribution >= 4 is 41.3 Å². The molecule has 0 bridgehead atoms. The molecular weight excluding hydrogens is 893 g/mol. The summed E-state index contributed by atoms with van der Waals surface area (Å²) >= 11 is 0. The molecule has 305 valence electrons. The van der Waals surface area contributed by atoms with Gasteiger partial charge >= 0.3 is 176 Å². The minimum atomic E-state index is -2.51. The molecule has 0 amide bonds. The van der Waals surface area contributed by atoms with Crippen LogP contribution in [0.15, 0.2) is 164 Å². The van der Waals surface area contributed by atoms with Crippen LogP contribution in [0.5, 0.6) is 0 Å². The van der Waals surface area contributed by atoms with E-state index in [1.165, 1.54) is 11.1 Å². The molecular formula is C50H28BF10Zr. The summed E-state index contributed by atoms with van der Waals surface area (Å²) < 4.78 is 137. The fourth-order valence-corrected chi connectivity index (χ4v) is 6.17. The smallest absolute Gasteiger partial charge is 0.214 e. The van der Waals surface area contributed by atoms with Gasteiger partial charge in [-0.3, -0.25) is 0 Å². The number of rotatable bonds is 7. The molecule has 0 N–H and O–H groups in total. The van der Waals surface area contributed by atoms with Crippen molar-refractivity contribution in [2.24, 2.45) is 0 Å². The molecule has 0 aliphatic heterocycles. The molecule has 0 fully saturated rings. The Balaban J connectivity index is 0.000000207. The first-order chi connectivity index (χ1) is 29.4. The predicted octanol–water partition coefficient (Wildman–Crippen LogP) is 13.5. The maximum absolute atomic E-state index is 14.1. The molecule has 62 heavy (non-hydrogen) atoms. The molecule has 1 radical (unpaired) electrons. The van der Waals surface area contributed by atoms with Crippen molar-refractivity contribution in [1.29, 1.82) is 0 Å². The third-order valence-corrected chi connectivity index (χ3v) is 9.05. The second-order valence-corrected chi connectivity index (χ2v) is 13.0. The predicted molar refractivity (Wildman–Crippen MR) is 221 cm³/mol. The molecule has 1 aliphatic rings. The van der Waals surface area contributed by atoms with Gasteiger partial charge in [0.25, 0.3) is 0 Å². The standard InChI is InChI=1S/C28H21.C17H2BF10.C5H5.Zr/c1-5-13-23(14-6-1)21-27(25-17-9-3-10-18-25)28(26-19-11-4-12-20-26)22-24-15-7-2-8-16-24;18-4-2-1-3(6-8(19)12(23)16(27)13(24)9(6)20)5(4)7-10(21)14(25)17(28)15(26)11(7)22;1-2-4-5-3-1;/h1-21H;1-2H;1-5H;/q-1;;-1;+2. The molecule has 0 nitrogen and oxygen atoms in total. The fourth-order valence-electron chi connectivity index (χ4n) is 6.17. The number of hydrogen-bond donors (Lipinski definition) is 0. The van der Waals surface area contributed by atoms with Crippen molar-refractivity contribution in [2.45, 2.75) is 0 Å². The maximum Gasteiger partial charge on any atom is 2.00 e. The van der Waals surface area contributed by atoms with Crippen LogP contribution in [0.1, 0.15) is 33.4 Å². The topological polar surface area (TPSA) is 0 Å². The molecule has 0 saturated heterocycles. The van der Waals surface area contributed by atoms with Crippen LogP contribution in [0.4, 0.5) is 43.9 Å². The van der Waals surface area contributed by atoms with Gasteiger partial charge in [-0.1, -0.05) is 132 Å². The number of allylic oxidation sites excluding steroid dienone is 6. The Kier molecular flexibility index (Phi) is 16.2. The summed E-state index contributed by atoms with van der Waals surface area (Å²) in [5.74, 6) is -24.1. The van der Waals surface area contributed by atoms with Gasteiger partial charge in [-0.05, 0) is 5.56 Å². The van der Waals surface area contributed by atoms with Crippen LogP contribution in [-0.2, 0) is 26.2 Å². The van der Waals surface area contributed by atoms with Crippen LogP contribution < -0.4 is 0 Å². The second kappa shape index (κ2) is 21.5. The molecule has 0 heterocycles. The van der Waals surface area contributed by atoms with Gasteiger partial charge in [-0.15, -0.1) is 29.3 Å². The van der Waals surface area contributed by atoms with Crippen molar-refractivity contribution in [3.8, 4) is 0 Å². The van der Waals surface area contributed by atoms with E-state index in [2.05, 4.69) is 103 Å². The Bertz CT molecular complexity index is 2550. The van der Waals surface area contributed by atoms with E-state index in [0.29, 0.717) is 6.08 Å². The van der Waals surface area contributed by atoms with E-state index in [-0.39, 0.29) is 26.2 Å². The average molecular weight is 921 g/mol. The Morgan fingerprint density at radius 1 is 0.452 bits per heavy atom. The zero-order chi connectivity index (χ0) is 43.6. The number of halogens is 10. The minimum Gasteiger partial charge on any atom is -0.214 e. The first-order valence-corrected chi connectivity index (χ1v) is 18.2. The summed E-state index contributed by atoms with van der Waals surface area (Å²) in [5.41, 5.74) is 0.548. The summed E-state index contributed by atoms with van der Waals surface area (Å²) in [6.45, 7) is 0. The Hall–Kier alpha value is -6.25. The van der Waals surface area contributed by atoms with E-state index >= 15 is 0 Å². The van der Waals surface area contributed by atoms with Gasteiger partial charge in [0.05, 0.1) is 0 Å². The Morgan fingerprint density at radius 2 is 0.855 bits per heavy atom. The zero-order valence-electron chi connectivity index (χ0n) is 32.0. The van der Waals surface area contributed by atoms with Gasteiger partial charge in [-0.2, -0.15) is 18.2 Å².